The van der Waals surface area contributed by atoms with Gasteiger partial charge in [-0.05, 0) is 37.3 Å². The van der Waals surface area contributed by atoms with Gasteiger partial charge in [-0.3, -0.25) is 4.79 Å². The van der Waals surface area contributed by atoms with Crippen LogP contribution in [0.3, 0.4) is 0 Å². The summed E-state index contributed by atoms with van der Waals surface area (Å²) in [6.45, 7) is 6.71. The molecular weight excluding hydrogens is 368 g/mol. The Labute approximate surface area is 170 Å². The molecule has 0 radical (unpaired) electrons. The molecule has 1 aromatic carbocycles. The summed E-state index contributed by atoms with van der Waals surface area (Å²) < 4.78 is 5.07. The van der Waals surface area contributed by atoms with E-state index in [0.29, 0.717) is 50.7 Å². The number of rotatable bonds is 3. The van der Waals surface area contributed by atoms with Gasteiger partial charge in [0.2, 0.25) is 5.95 Å². The lowest BCUT2D eigenvalue weighted by Crippen LogP contribution is -2.49. The Morgan fingerprint density at radius 3 is 2.66 bits per heavy atom. The Kier molecular flexibility index (Phi) is 5.47. The molecule has 0 saturated carbocycles. The summed E-state index contributed by atoms with van der Waals surface area (Å²) in [5.74, 6) is 0.892. The number of ketones is 1. The number of amides is 1. The third-order valence-corrected chi connectivity index (χ3v) is 5.74. The van der Waals surface area contributed by atoms with Crippen molar-refractivity contribution in [1.29, 1.82) is 0 Å². The lowest BCUT2D eigenvalue weighted by atomic mass is 9.81. The van der Waals surface area contributed by atoms with Gasteiger partial charge in [0.15, 0.2) is 5.78 Å². The molecule has 7 nitrogen and oxygen atoms in total. The molecule has 0 spiro atoms. The zero-order valence-electron chi connectivity index (χ0n) is 16.9. The van der Waals surface area contributed by atoms with Crippen LogP contribution in [0.4, 0.5) is 10.7 Å². The van der Waals surface area contributed by atoms with Crippen molar-refractivity contribution >= 4 is 17.8 Å². The van der Waals surface area contributed by atoms with Crippen molar-refractivity contribution in [1.82, 2.24) is 14.9 Å². The van der Waals surface area contributed by atoms with E-state index in [1.807, 2.05) is 12.1 Å². The average molecular weight is 394 g/mol. The molecule has 2 aromatic rings. The van der Waals surface area contributed by atoms with Crippen molar-refractivity contribution in [3.63, 3.8) is 0 Å². The number of hydrogen-bond acceptors (Lipinski definition) is 6. The quantitative estimate of drug-likeness (QED) is 0.797. The fraction of sp³-hybridized carbons (Fsp3) is 0.455. The minimum atomic E-state index is -0.273. The number of aryl methyl sites for hydroxylation is 1. The molecule has 1 fully saturated rings. The SMILES string of the molecule is CCOC(=O)N1CCN(c2ncc3c(n2)CC(c2ccccc2C)CC3=O)CC1. The first-order valence-corrected chi connectivity index (χ1v) is 10.2. The lowest BCUT2D eigenvalue weighted by molar-refractivity contribution is 0.0961. The number of aromatic nitrogens is 2. The second-order valence-corrected chi connectivity index (χ2v) is 7.59. The number of benzene rings is 1. The van der Waals surface area contributed by atoms with Crippen LogP contribution in [-0.2, 0) is 11.2 Å². The molecule has 4 rings (SSSR count). The molecule has 2 heterocycles. The molecule has 1 amide bonds. The average Bonchev–Trinajstić information content (AvgIpc) is 2.74. The van der Waals surface area contributed by atoms with Crippen molar-refractivity contribution in [3.05, 3.63) is 52.8 Å². The first kappa shape index (κ1) is 19.4. The van der Waals surface area contributed by atoms with E-state index in [0.717, 1.165) is 12.1 Å². The number of nitrogens with zero attached hydrogens (tertiary/aromatic N) is 4. The van der Waals surface area contributed by atoms with Crippen LogP contribution in [0.15, 0.2) is 30.5 Å². The number of ether oxygens (including phenoxy) is 1. The normalized spacial score (nSPS) is 19.1. The monoisotopic (exact) mass is 394 g/mol. The van der Waals surface area contributed by atoms with Crippen molar-refractivity contribution < 1.29 is 14.3 Å². The van der Waals surface area contributed by atoms with Crippen LogP contribution in [-0.4, -0.2) is 59.5 Å². The molecule has 1 atom stereocenters. The van der Waals surface area contributed by atoms with Crippen LogP contribution in [0.1, 0.15) is 46.4 Å². The number of carbonyl (C=O) groups is 2. The molecule has 1 aliphatic heterocycles. The summed E-state index contributed by atoms with van der Waals surface area (Å²) in [7, 11) is 0. The number of piperazine rings is 1. The Morgan fingerprint density at radius 2 is 1.93 bits per heavy atom. The van der Waals surface area contributed by atoms with Gasteiger partial charge in [0.1, 0.15) is 0 Å². The van der Waals surface area contributed by atoms with Crippen LogP contribution in [0.25, 0.3) is 0 Å². The standard InChI is InChI=1S/C22H26N4O3/c1-3-29-22(28)26-10-8-25(9-11-26)21-23-14-18-19(24-21)12-16(13-20(18)27)17-7-5-4-6-15(17)2/h4-7,14,16H,3,8-13H2,1-2H3. The van der Waals surface area contributed by atoms with Crippen molar-refractivity contribution in [2.75, 3.05) is 37.7 Å². The first-order valence-electron chi connectivity index (χ1n) is 10.2. The van der Waals surface area contributed by atoms with Gasteiger partial charge in [0.05, 0.1) is 17.9 Å². The second-order valence-electron chi connectivity index (χ2n) is 7.59. The summed E-state index contributed by atoms with van der Waals surface area (Å²) in [6, 6.07) is 8.24. The van der Waals surface area contributed by atoms with Crippen LogP contribution in [0.5, 0.6) is 0 Å². The highest BCUT2D eigenvalue weighted by molar-refractivity contribution is 5.98. The maximum Gasteiger partial charge on any atom is 0.409 e. The molecule has 1 saturated heterocycles. The Bertz CT molecular complexity index is 922. The molecule has 0 N–H and O–H groups in total. The van der Waals surface area contributed by atoms with E-state index >= 15 is 0 Å². The number of carbonyl (C=O) groups excluding carboxylic acids is 2. The largest absolute Gasteiger partial charge is 0.450 e. The predicted octanol–water partition coefficient (Wildman–Crippen LogP) is 2.98. The Morgan fingerprint density at radius 1 is 1.17 bits per heavy atom. The highest BCUT2D eigenvalue weighted by atomic mass is 16.6. The Hall–Kier alpha value is -2.96. The summed E-state index contributed by atoms with van der Waals surface area (Å²) in [6.07, 6.45) is 2.64. The maximum absolute atomic E-state index is 12.7. The summed E-state index contributed by atoms with van der Waals surface area (Å²) in [5.41, 5.74) is 3.89. The molecule has 2 aliphatic rings. The van der Waals surface area contributed by atoms with Crippen LogP contribution in [0.2, 0.25) is 0 Å². The van der Waals surface area contributed by atoms with Crippen molar-refractivity contribution in [3.8, 4) is 0 Å². The first-order chi connectivity index (χ1) is 14.1. The molecule has 1 aromatic heterocycles. The van der Waals surface area contributed by atoms with Gasteiger partial charge in [0, 0.05) is 38.8 Å². The zero-order valence-corrected chi connectivity index (χ0v) is 16.9. The van der Waals surface area contributed by atoms with Crippen molar-refractivity contribution in [2.45, 2.75) is 32.6 Å². The fourth-order valence-electron chi connectivity index (χ4n) is 4.16. The van der Waals surface area contributed by atoms with Gasteiger partial charge in [-0.2, -0.15) is 0 Å². The number of fused-ring (bicyclic) bond motifs is 1. The van der Waals surface area contributed by atoms with Crippen LogP contribution >= 0.6 is 0 Å². The number of hydrogen-bond donors (Lipinski definition) is 0. The molecular formula is C22H26N4O3. The number of anilines is 1. The fourth-order valence-corrected chi connectivity index (χ4v) is 4.16. The van der Waals surface area contributed by atoms with E-state index in [4.69, 9.17) is 9.72 Å². The zero-order chi connectivity index (χ0) is 20.4. The molecule has 0 bridgehead atoms. The van der Waals surface area contributed by atoms with E-state index in [9.17, 15) is 9.59 Å². The smallest absolute Gasteiger partial charge is 0.409 e. The van der Waals surface area contributed by atoms with Crippen LogP contribution in [0, 0.1) is 6.92 Å². The third-order valence-electron chi connectivity index (χ3n) is 5.74. The van der Waals surface area contributed by atoms with Gasteiger partial charge in [-0.25, -0.2) is 14.8 Å². The molecule has 7 heteroatoms. The maximum atomic E-state index is 12.7. The van der Waals surface area contributed by atoms with E-state index in [1.54, 1.807) is 18.0 Å². The topological polar surface area (TPSA) is 75.6 Å². The van der Waals surface area contributed by atoms with Gasteiger partial charge in [-0.15, -0.1) is 0 Å². The van der Waals surface area contributed by atoms with Gasteiger partial charge >= 0.3 is 6.09 Å². The minimum absolute atomic E-state index is 0.109. The minimum Gasteiger partial charge on any atom is -0.450 e. The summed E-state index contributed by atoms with van der Waals surface area (Å²) >= 11 is 0. The third kappa shape index (κ3) is 3.95. The second kappa shape index (κ2) is 8.19. The van der Waals surface area contributed by atoms with E-state index in [-0.39, 0.29) is 17.8 Å². The number of Topliss-reactive ketones (excluding diaryl/α,β-unsaturated/α-hetero) is 1. The summed E-state index contributed by atoms with van der Waals surface area (Å²) in [5, 5.41) is 0. The van der Waals surface area contributed by atoms with Gasteiger partial charge in [-0.1, -0.05) is 24.3 Å². The van der Waals surface area contributed by atoms with Crippen molar-refractivity contribution in [2.24, 2.45) is 0 Å². The predicted molar refractivity (Wildman–Crippen MR) is 109 cm³/mol. The van der Waals surface area contributed by atoms with E-state index < -0.39 is 0 Å². The molecule has 1 unspecified atom stereocenters. The van der Waals surface area contributed by atoms with E-state index in [1.165, 1.54) is 11.1 Å². The Balaban J connectivity index is 1.50. The lowest BCUT2D eigenvalue weighted by Gasteiger charge is -2.34. The van der Waals surface area contributed by atoms with Gasteiger partial charge in [0.25, 0.3) is 0 Å². The highest BCUT2D eigenvalue weighted by Crippen LogP contribution is 2.33. The van der Waals surface area contributed by atoms with Gasteiger partial charge < -0.3 is 14.5 Å². The summed E-state index contributed by atoms with van der Waals surface area (Å²) in [4.78, 5) is 37.6. The highest BCUT2D eigenvalue weighted by Gasteiger charge is 2.30. The molecule has 152 valence electrons. The molecule has 29 heavy (non-hydrogen) atoms. The molecule has 1 aliphatic carbocycles. The van der Waals surface area contributed by atoms with E-state index in [2.05, 4.69) is 28.9 Å². The van der Waals surface area contributed by atoms with Crippen LogP contribution < -0.4 is 4.90 Å².